The predicted molar refractivity (Wildman–Crippen MR) is 65.0 cm³/mol. The molecular weight excluding hydrogens is 228 g/mol. The van der Waals surface area contributed by atoms with E-state index in [2.05, 4.69) is 10.3 Å². The molecule has 0 fully saturated rings. The first-order chi connectivity index (χ1) is 7.22. The average molecular weight is 238 g/mol. The Hall–Kier alpha value is -1.20. The number of anilines is 1. The predicted octanol–water partition coefficient (Wildman–Crippen LogP) is 3.12. The number of nitrogens with zero attached hydrogens (tertiary/aromatic N) is 1. The normalized spacial score (nSPS) is 10.3. The molecule has 2 aromatic rings. The third-order valence-corrected chi connectivity index (χ3v) is 3.97. The van der Waals surface area contributed by atoms with Gasteiger partial charge in [-0.2, -0.15) is 0 Å². The first-order valence-corrected chi connectivity index (χ1v) is 6.15. The van der Waals surface area contributed by atoms with E-state index in [0.29, 0.717) is 0 Å². The van der Waals surface area contributed by atoms with Crippen molar-refractivity contribution in [2.24, 2.45) is 0 Å². The monoisotopic (exact) mass is 238 g/mol. The molecular formula is C10H10N2OS2. The first kappa shape index (κ1) is 10.3. The number of rotatable bonds is 3. The Balaban J connectivity index is 2.54. The van der Waals surface area contributed by atoms with Gasteiger partial charge in [-0.1, -0.05) is 17.4 Å². The van der Waals surface area contributed by atoms with Gasteiger partial charge in [0.2, 0.25) is 0 Å². The van der Waals surface area contributed by atoms with Gasteiger partial charge in [0.25, 0.3) is 0 Å². The lowest BCUT2D eigenvalue weighted by molar-refractivity contribution is 0.102. The molecule has 0 amide bonds. The maximum Gasteiger partial charge on any atom is 0.183 e. The molecule has 0 saturated heterocycles. The second kappa shape index (κ2) is 4.12. The fourth-order valence-electron chi connectivity index (χ4n) is 1.25. The second-order valence-corrected chi connectivity index (χ2v) is 4.93. The zero-order chi connectivity index (χ0) is 10.8. The molecule has 78 valence electrons. The third-order valence-electron chi connectivity index (χ3n) is 1.92. The molecule has 0 saturated carbocycles. The highest BCUT2D eigenvalue weighted by Crippen LogP contribution is 2.33. The molecule has 3 nitrogen and oxygen atoms in total. The van der Waals surface area contributed by atoms with Crippen molar-refractivity contribution in [2.45, 2.75) is 6.92 Å². The minimum absolute atomic E-state index is 0.0670. The molecule has 0 aliphatic carbocycles. The SMILES string of the molecule is CNc1nc(-c2cccs2)c(C(C)=O)s1. The van der Waals surface area contributed by atoms with E-state index >= 15 is 0 Å². The number of carbonyl (C=O) groups is 1. The van der Waals surface area contributed by atoms with Crippen LogP contribution >= 0.6 is 22.7 Å². The molecule has 15 heavy (non-hydrogen) atoms. The molecule has 0 spiro atoms. The van der Waals surface area contributed by atoms with Crippen LogP contribution in [0.1, 0.15) is 16.6 Å². The molecule has 0 aromatic carbocycles. The molecule has 0 aliphatic heterocycles. The van der Waals surface area contributed by atoms with Crippen LogP contribution < -0.4 is 5.32 Å². The summed E-state index contributed by atoms with van der Waals surface area (Å²) in [4.78, 5) is 17.6. The van der Waals surface area contributed by atoms with Gasteiger partial charge in [-0.25, -0.2) is 4.98 Å². The van der Waals surface area contributed by atoms with Gasteiger partial charge in [-0.15, -0.1) is 11.3 Å². The fourth-order valence-corrected chi connectivity index (χ4v) is 2.86. The summed E-state index contributed by atoms with van der Waals surface area (Å²) in [5, 5.41) is 5.73. The van der Waals surface area contributed by atoms with Crippen LogP contribution in [0.2, 0.25) is 0 Å². The van der Waals surface area contributed by atoms with Crippen molar-refractivity contribution in [2.75, 3.05) is 12.4 Å². The number of ketones is 1. The van der Waals surface area contributed by atoms with Gasteiger partial charge in [-0.3, -0.25) is 4.79 Å². The molecule has 0 aliphatic rings. The van der Waals surface area contributed by atoms with Gasteiger partial charge in [0.05, 0.1) is 4.88 Å². The van der Waals surface area contributed by atoms with Crippen LogP contribution in [-0.2, 0) is 0 Å². The number of carbonyl (C=O) groups excluding carboxylic acids is 1. The Kier molecular flexibility index (Phi) is 2.83. The number of thiophene rings is 1. The fraction of sp³-hybridized carbons (Fsp3) is 0.200. The van der Waals surface area contributed by atoms with E-state index in [1.165, 1.54) is 11.3 Å². The van der Waals surface area contributed by atoms with Crippen molar-refractivity contribution < 1.29 is 4.79 Å². The minimum Gasteiger partial charge on any atom is -0.365 e. The lowest BCUT2D eigenvalue weighted by atomic mass is 10.2. The lowest BCUT2D eigenvalue weighted by Gasteiger charge is -1.93. The molecule has 0 bridgehead atoms. The summed E-state index contributed by atoms with van der Waals surface area (Å²) < 4.78 is 0. The molecule has 0 radical (unpaired) electrons. The van der Waals surface area contributed by atoms with Crippen LogP contribution in [0.15, 0.2) is 17.5 Å². The first-order valence-electron chi connectivity index (χ1n) is 4.45. The molecule has 2 aromatic heterocycles. The quantitative estimate of drug-likeness (QED) is 0.835. The van der Waals surface area contributed by atoms with E-state index in [1.54, 1.807) is 25.3 Å². The highest BCUT2D eigenvalue weighted by atomic mass is 32.1. The van der Waals surface area contributed by atoms with Gasteiger partial charge in [0.15, 0.2) is 10.9 Å². The van der Waals surface area contributed by atoms with E-state index in [1.807, 2.05) is 17.5 Å². The van der Waals surface area contributed by atoms with E-state index in [9.17, 15) is 4.79 Å². The molecule has 0 unspecified atom stereocenters. The van der Waals surface area contributed by atoms with Crippen molar-refractivity contribution >= 4 is 33.6 Å². The number of thiazole rings is 1. The van der Waals surface area contributed by atoms with E-state index in [0.717, 1.165) is 20.6 Å². The summed E-state index contributed by atoms with van der Waals surface area (Å²) in [6, 6.07) is 3.94. The smallest absolute Gasteiger partial charge is 0.183 e. The van der Waals surface area contributed by atoms with E-state index < -0.39 is 0 Å². The van der Waals surface area contributed by atoms with E-state index in [-0.39, 0.29) is 5.78 Å². The average Bonchev–Trinajstić information content (AvgIpc) is 2.86. The van der Waals surface area contributed by atoms with Gasteiger partial charge in [0.1, 0.15) is 10.6 Å². The van der Waals surface area contributed by atoms with Crippen LogP contribution in [0.25, 0.3) is 10.6 Å². The van der Waals surface area contributed by atoms with Gasteiger partial charge >= 0.3 is 0 Å². The highest BCUT2D eigenvalue weighted by Gasteiger charge is 2.16. The Labute approximate surface area is 95.8 Å². The van der Waals surface area contributed by atoms with Crippen molar-refractivity contribution in [1.82, 2.24) is 4.98 Å². The maximum atomic E-state index is 11.4. The number of Topliss-reactive ketones (excluding diaryl/α,β-unsaturated/α-hetero) is 1. The molecule has 1 N–H and O–H groups in total. The standard InChI is InChI=1S/C10H10N2OS2/c1-6(13)9-8(7-4-3-5-14-7)12-10(11-2)15-9/h3-5H,1-2H3,(H,11,12). The van der Waals surface area contributed by atoms with Crippen LogP contribution in [-0.4, -0.2) is 17.8 Å². The Morgan fingerprint density at radius 3 is 2.87 bits per heavy atom. The number of aromatic nitrogens is 1. The summed E-state index contributed by atoms with van der Waals surface area (Å²) in [5.41, 5.74) is 0.798. The van der Waals surface area contributed by atoms with Crippen LogP contribution in [0.3, 0.4) is 0 Å². The Morgan fingerprint density at radius 2 is 2.33 bits per heavy atom. The molecule has 2 heterocycles. The third kappa shape index (κ3) is 1.93. The summed E-state index contributed by atoms with van der Waals surface area (Å²) in [7, 11) is 1.81. The minimum atomic E-state index is 0.0670. The lowest BCUT2D eigenvalue weighted by Crippen LogP contribution is -1.90. The summed E-state index contributed by atoms with van der Waals surface area (Å²) in [6.45, 7) is 1.57. The van der Waals surface area contributed by atoms with E-state index in [4.69, 9.17) is 0 Å². The highest BCUT2D eigenvalue weighted by molar-refractivity contribution is 7.19. The van der Waals surface area contributed by atoms with Crippen LogP contribution in [0, 0.1) is 0 Å². The largest absolute Gasteiger partial charge is 0.365 e. The topological polar surface area (TPSA) is 42.0 Å². The van der Waals surface area contributed by atoms with Crippen molar-refractivity contribution in [3.05, 3.63) is 22.4 Å². The number of hydrogen-bond acceptors (Lipinski definition) is 5. The van der Waals surface area contributed by atoms with Crippen molar-refractivity contribution in [3.8, 4) is 10.6 Å². The van der Waals surface area contributed by atoms with Crippen LogP contribution in [0.4, 0.5) is 5.13 Å². The van der Waals surface area contributed by atoms with Crippen molar-refractivity contribution in [3.63, 3.8) is 0 Å². The van der Waals surface area contributed by atoms with Gasteiger partial charge in [-0.05, 0) is 11.4 Å². The summed E-state index contributed by atoms with van der Waals surface area (Å²) >= 11 is 3.00. The molecule has 2 rings (SSSR count). The van der Waals surface area contributed by atoms with Gasteiger partial charge < -0.3 is 5.32 Å². The molecule has 5 heteroatoms. The zero-order valence-corrected chi connectivity index (χ0v) is 10.0. The Bertz CT molecular complexity index is 474. The number of nitrogens with one attached hydrogen (secondary N) is 1. The zero-order valence-electron chi connectivity index (χ0n) is 8.40. The molecule has 0 atom stereocenters. The summed E-state index contributed by atoms with van der Waals surface area (Å²) in [5.74, 6) is 0.0670. The maximum absolute atomic E-state index is 11.4. The number of hydrogen-bond donors (Lipinski definition) is 1. The van der Waals surface area contributed by atoms with Crippen molar-refractivity contribution in [1.29, 1.82) is 0 Å². The Morgan fingerprint density at radius 1 is 1.53 bits per heavy atom. The van der Waals surface area contributed by atoms with Gasteiger partial charge in [0, 0.05) is 14.0 Å². The second-order valence-electron chi connectivity index (χ2n) is 2.98. The van der Waals surface area contributed by atoms with Crippen LogP contribution in [0.5, 0.6) is 0 Å². The summed E-state index contributed by atoms with van der Waals surface area (Å²) in [6.07, 6.45) is 0.